The van der Waals surface area contributed by atoms with Crippen molar-refractivity contribution in [2.24, 2.45) is 0 Å². The molecule has 0 saturated heterocycles. The SMILES string of the molecule is CCCCOc1cc(F)cc(CBr)c1. The van der Waals surface area contributed by atoms with Gasteiger partial charge < -0.3 is 4.74 Å². The molecule has 0 aliphatic heterocycles. The third-order valence-electron chi connectivity index (χ3n) is 1.85. The van der Waals surface area contributed by atoms with Crippen molar-refractivity contribution in [2.75, 3.05) is 6.61 Å². The molecule has 0 atom stereocenters. The van der Waals surface area contributed by atoms with Crippen molar-refractivity contribution < 1.29 is 9.13 Å². The summed E-state index contributed by atoms with van der Waals surface area (Å²) in [6, 6.07) is 4.77. The Morgan fingerprint density at radius 3 is 2.79 bits per heavy atom. The minimum absolute atomic E-state index is 0.242. The number of hydrogen-bond donors (Lipinski definition) is 0. The van der Waals surface area contributed by atoms with Gasteiger partial charge in [-0.2, -0.15) is 0 Å². The van der Waals surface area contributed by atoms with Crippen molar-refractivity contribution in [3.8, 4) is 5.75 Å². The highest BCUT2D eigenvalue weighted by Crippen LogP contribution is 2.18. The van der Waals surface area contributed by atoms with E-state index in [1.54, 1.807) is 0 Å². The van der Waals surface area contributed by atoms with Gasteiger partial charge in [-0.15, -0.1) is 0 Å². The van der Waals surface area contributed by atoms with Crippen LogP contribution in [0.1, 0.15) is 25.3 Å². The van der Waals surface area contributed by atoms with E-state index in [4.69, 9.17) is 4.74 Å². The highest BCUT2D eigenvalue weighted by Gasteiger charge is 2.00. The Hall–Kier alpha value is -0.570. The van der Waals surface area contributed by atoms with Crippen LogP contribution in [0.3, 0.4) is 0 Å². The number of unbranched alkanes of at least 4 members (excludes halogenated alkanes) is 1. The summed E-state index contributed by atoms with van der Waals surface area (Å²) in [5, 5.41) is 0.648. The van der Waals surface area contributed by atoms with Crippen LogP contribution in [0.5, 0.6) is 5.75 Å². The second-order valence-corrected chi connectivity index (χ2v) is 3.69. The number of alkyl halides is 1. The Kier molecular flexibility index (Phi) is 4.94. The highest BCUT2D eigenvalue weighted by molar-refractivity contribution is 9.08. The van der Waals surface area contributed by atoms with Crippen LogP contribution in [0, 0.1) is 5.82 Å². The minimum Gasteiger partial charge on any atom is -0.493 e. The first-order chi connectivity index (χ1) is 6.76. The smallest absolute Gasteiger partial charge is 0.127 e. The molecule has 0 N–H and O–H groups in total. The van der Waals surface area contributed by atoms with Crippen LogP contribution in [-0.2, 0) is 5.33 Å². The predicted molar refractivity (Wildman–Crippen MR) is 59.4 cm³/mol. The first-order valence-electron chi connectivity index (χ1n) is 4.74. The van der Waals surface area contributed by atoms with Gasteiger partial charge >= 0.3 is 0 Å². The van der Waals surface area contributed by atoms with Gasteiger partial charge in [0, 0.05) is 11.4 Å². The van der Waals surface area contributed by atoms with Crippen LogP contribution in [0.15, 0.2) is 18.2 Å². The normalized spacial score (nSPS) is 10.2. The van der Waals surface area contributed by atoms with Gasteiger partial charge in [0.05, 0.1) is 6.61 Å². The van der Waals surface area contributed by atoms with E-state index in [9.17, 15) is 4.39 Å². The van der Waals surface area contributed by atoms with Crippen LogP contribution in [-0.4, -0.2) is 6.61 Å². The summed E-state index contributed by atoms with van der Waals surface area (Å²) in [6.07, 6.45) is 2.08. The van der Waals surface area contributed by atoms with Crippen molar-refractivity contribution in [1.82, 2.24) is 0 Å². The van der Waals surface area contributed by atoms with Gasteiger partial charge in [0.15, 0.2) is 0 Å². The quantitative estimate of drug-likeness (QED) is 0.577. The van der Waals surface area contributed by atoms with Gasteiger partial charge in [0.1, 0.15) is 11.6 Å². The predicted octanol–water partition coefficient (Wildman–Crippen LogP) is 3.90. The molecule has 1 nitrogen and oxygen atoms in total. The Morgan fingerprint density at radius 1 is 1.36 bits per heavy atom. The van der Waals surface area contributed by atoms with E-state index in [-0.39, 0.29) is 5.82 Å². The Balaban J connectivity index is 2.62. The first kappa shape index (κ1) is 11.5. The van der Waals surface area contributed by atoms with Crippen LogP contribution in [0.4, 0.5) is 4.39 Å². The molecule has 3 heteroatoms. The molecule has 0 spiro atoms. The molecule has 1 aromatic rings. The van der Waals surface area contributed by atoms with Crippen molar-refractivity contribution >= 4 is 15.9 Å². The first-order valence-corrected chi connectivity index (χ1v) is 5.86. The molecule has 0 bridgehead atoms. The van der Waals surface area contributed by atoms with Crippen LogP contribution < -0.4 is 4.74 Å². The molecular formula is C11H14BrFO. The molecule has 78 valence electrons. The molecule has 14 heavy (non-hydrogen) atoms. The number of benzene rings is 1. The van der Waals surface area contributed by atoms with Gasteiger partial charge in [-0.25, -0.2) is 4.39 Å². The Labute approximate surface area is 92.4 Å². The van der Waals surface area contributed by atoms with E-state index < -0.39 is 0 Å². The molecule has 1 rings (SSSR count). The van der Waals surface area contributed by atoms with Gasteiger partial charge in [0.2, 0.25) is 0 Å². The lowest BCUT2D eigenvalue weighted by atomic mass is 10.2. The van der Waals surface area contributed by atoms with Crippen molar-refractivity contribution in [1.29, 1.82) is 0 Å². The number of hydrogen-bond acceptors (Lipinski definition) is 1. The van der Waals surface area contributed by atoms with E-state index in [0.29, 0.717) is 17.7 Å². The molecular weight excluding hydrogens is 247 g/mol. The minimum atomic E-state index is -0.242. The highest BCUT2D eigenvalue weighted by atomic mass is 79.9. The zero-order valence-corrected chi connectivity index (χ0v) is 9.81. The van der Waals surface area contributed by atoms with Crippen LogP contribution in [0.2, 0.25) is 0 Å². The Morgan fingerprint density at radius 2 is 2.14 bits per heavy atom. The number of halogens is 2. The standard InChI is InChI=1S/C11H14BrFO/c1-2-3-4-14-11-6-9(8-12)5-10(13)7-11/h5-7H,2-4,8H2,1H3. The van der Waals surface area contributed by atoms with Gasteiger partial charge in [-0.05, 0) is 24.1 Å². The largest absolute Gasteiger partial charge is 0.493 e. The van der Waals surface area contributed by atoms with Gasteiger partial charge in [-0.3, -0.25) is 0 Å². The van der Waals surface area contributed by atoms with E-state index >= 15 is 0 Å². The summed E-state index contributed by atoms with van der Waals surface area (Å²) in [7, 11) is 0. The maximum absolute atomic E-state index is 13.0. The number of rotatable bonds is 5. The zero-order valence-electron chi connectivity index (χ0n) is 8.22. The van der Waals surface area contributed by atoms with Crippen LogP contribution in [0.25, 0.3) is 0 Å². The average molecular weight is 261 g/mol. The maximum atomic E-state index is 13.0. The fourth-order valence-corrected chi connectivity index (χ4v) is 1.44. The lowest BCUT2D eigenvalue weighted by molar-refractivity contribution is 0.307. The lowest BCUT2D eigenvalue weighted by Crippen LogP contribution is -1.97. The van der Waals surface area contributed by atoms with E-state index in [2.05, 4.69) is 22.9 Å². The average Bonchev–Trinajstić information content (AvgIpc) is 2.17. The lowest BCUT2D eigenvalue weighted by Gasteiger charge is -2.06. The van der Waals surface area contributed by atoms with Gasteiger partial charge in [-0.1, -0.05) is 29.3 Å². The number of ether oxygens (including phenoxy) is 1. The molecule has 0 amide bonds. The topological polar surface area (TPSA) is 9.23 Å². The van der Waals surface area contributed by atoms with E-state index in [1.807, 2.05) is 6.07 Å². The summed E-state index contributed by atoms with van der Waals surface area (Å²) in [4.78, 5) is 0. The molecule has 0 aliphatic carbocycles. The fraction of sp³-hybridized carbons (Fsp3) is 0.455. The monoisotopic (exact) mass is 260 g/mol. The fourth-order valence-electron chi connectivity index (χ4n) is 1.12. The summed E-state index contributed by atoms with van der Waals surface area (Å²) < 4.78 is 18.4. The zero-order chi connectivity index (χ0) is 10.4. The summed E-state index contributed by atoms with van der Waals surface area (Å²) >= 11 is 3.29. The molecule has 0 aromatic heterocycles. The van der Waals surface area contributed by atoms with Crippen LogP contribution >= 0.6 is 15.9 Å². The van der Waals surface area contributed by atoms with E-state index in [0.717, 1.165) is 18.4 Å². The molecule has 0 unspecified atom stereocenters. The molecule has 0 heterocycles. The van der Waals surface area contributed by atoms with Gasteiger partial charge in [0.25, 0.3) is 0 Å². The van der Waals surface area contributed by atoms with E-state index in [1.165, 1.54) is 12.1 Å². The molecule has 0 saturated carbocycles. The molecule has 0 aliphatic rings. The van der Waals surface area contributed by atoms with Crippen molar-refractivity contribution in [2.45, 2.75) is 25.1 Å². The summed E-state index contributed by atoms with van der Waals surface area (Å²) in [5.74, 6) is 0.376. The molecule has 0 radical (unpaired) electrons. The van der Waals surface area contributed by atoms with Crippen molar-refractivity contribution in [3.63, 3.8) is 0 Å². The maximum Gasteiger partial charge on any atom is 0.127 e. The summed E-state index contributed by atoms with van der Waals surface area (Å²) in [5.41, 5.74) is 0.900. The Bertz CT molecular complexity index is 289. The third-order valence-corrected chi connectivity index (χ3v) is 2.50. The summed E-state index contributed by atoms with van der Waals surface area (Å²) in [6.45, 7) is 2.75. The second-order valence-electron chi connectivity index (χ2n) is 3.13. The molecule has 0 fully saturated rings. The third kappa shape index (κ3) is 3.66. The second kappa shape index (κ2) is 6.02. The molecule has 1 aromatic carbocycles. The van der Waals surface area contributed by atoms with Crippen molar-refractivity contribution in [3.05, 3.63) is 29.6 Å².